The van der Waals surface area contributed by atoms with Crippen LogP contribution in [0.4, 0.5) is 4.79 Å². The van der Waals surface area contributed by atoms with Crippen molar-refractivity contribution in [1.29, 1.82) is 0 Å². The van der Waals surface area contributed by atoms with Gasteiger partial charge in [0.1, 0.15) is 0 Å². The van der Waals surface area contributed by atoms with E-state index in [2.05, 4.69) is 5.32 Å². The maximum Gasteiger partial charge on any atom is 0.328 e. The number of aliphatic hydroxyl groups excluding tert-OH is 1. The fourth-order valence-electron chi connectivity index (χ4n) is 1.38. The molecule has 0 radical (unpaired) electrons. The molecule has 2 amide bonds. The van der Waals surface area contributed by atoms with Crippen LogP contribution in [-0.4, -0.2) is 65.6 Å². The Morgan fingerprint density at radius 3 is 2.38 bits per heavy atom. The zero-order valence-corrected chi connectivity index (χ0v) is 9.05. The molecule has 3 N–H and O–H groups in total. The quantitative estimate of drug-likeness (QED) is 0.571. The topological polar surface area (TPSA) is 99.1 Å². The number of urea groups is 1. The minimum absolute atomic E-state index is 0.429. The van der Waals surface area contributed by atoms with Crippen molar-refractivity contribution >= 4 is 12.0 Å². The second-order valence-corrected chi connectivity index (χ2v) is 3.61. The summed E-state index contributed by atoms with van der Waals surface area (Å²) in [5.41, 5.74) is 0. The molecule has 7 heteroatoms. The average Bonchev–Trinajstić information content (AvgIpc) is 2.25. The van der Waals surface area contributed by atoms with Gasteiger partial charge in [-0.1, -0.05) is 0 Å². The number of aliphatic hydroxyl groups is 1. The van der Waals surface area contributed by atoms with Crippen molar-refractivity contribution in [3.8, 4) is 0 Å². The number of carboxylic acid groups (broad SMARTS) is 1. The molecule has 1 aliphatic heterocycles. The first kappa shape index (κ1) is 12.7. The van der Waals surface area contributed by atoms with Crippen LogP contribution >= 0.6 is 0 Å². The molecule has 2 atom stereocenters. The highest BCUT2D eigenvalue weighted by molar-refractivity contribution is 5.83. The van der Waals surface area contributed by atoms with Crippen molar-refractivity contribution in [2.75, 3.05) is 26.3 Å². The maximum atomic E-state index is 11.6. The summed E-state index contributed by atoms with van der Waals surface area (Å²) in [6.45, 7) is 3.06. The van der Waals surface area contributed by atoms with Gasteiger partial charge in [0.05, 0.1) is 19.3 Å². The molecule has 0 saturated carbocycles. The summed E-state index contributed by atoms with van der Waals surface area (Å²) in [4.78, 5) is 23.8. The molecule has 1 saturated heterocycles. The zero-order valence-electron chi connectivity index (χ0n) is 9.05. The van der Waals surface area contributed by atoms with E-state index in [9.17, 15) is 14.7 Å². The van der Waals surface area contributed by atoms with Crippen LogP contribution in [0.3, 0.4) is 0 Å². The van der Waals surface area contributed by atoms with Gasteiger partial charge in [0, 0.05) is 13.1 Å². The van der Waals surface area contributed by atoms with Crippen LogP contribution in [-0.2, 0) is 9.53 Å². The van der Waals surface area contributed by atoms with Crippen molar-refractivity contribution in [3.05, 3.63) is 0 Å². The lowest BCUT2D eigenvalue weighted by molar-refractivity contribution is -0.141. The maximum absolute atomic E-state index is 11.6. The number of hydrogen-bond donors (Lipinski definition) is 3. The molecule has 0 unspecified atom stereocenters. The van der Waals surface area contributed by atoms with Gasteiger partial charge in [-0.15, -0.1) is 0 Å². The highest BCUT2D eigenvalue weighted by Gasteiger charge is 2.27. The van der Waals surface area contributed by atoms with Crippen LogP contribution in [0.1, 0.15) is 6.92 Å². The molecule has 0 bridgehead atoms. The van der Waals surface area contributed by atoms with E-state index in [0.717, 1.165) is 0 Å². The smallest absolute Gasteiger partial charge is 0.328 e. The van der Waals surface area contributed by atoms with E-state index in [-0.39, 0.29) is 0 Å². The fraction of sp³-hybridized carbons (Fsp3) is 0.778. The van der Waals surface area contributed by atoms with E-state index in [4.69, 9.17) is 9.84 Å². The summed E-state index contributed by atoms with van der Waals surface area (Å²) in [5, 5.41) is 20.2. The molecule has 1 rings (SSSR count). The first-order valence-corrected chi connectivity index (χ1v) is 5.06. The second kappa shape index (κ2) is 5.66. The molecule has 0 aliphatic carbocycles. The predicted octanol–water partition coefficient (Wildman–Crippen LogP) is -1.14. The minimum Gasteiger partial charge on any atom is -0.480 e. The number of morpholine rings is 1. The number of carbonyl (C=O) groups is 2. The lowest BCUT2D eigenvalue weighted by Crippen LogP contribution is -2.54. The van der Waals surface area contributed by atoms with E-state index in [0.29, 0.717) is 26.3 Å². The van der Waals surface area contributed by atoms with Gasteiger partial charge in [0.25, 0.3) is 0 Å². The Hall–Kier alpha value is -1.34. The molecule has 0 aromatic carbocycles. The third kappa shape index (κ3) is 3.35. The molecule has 1 heterocycles. The number of carbonyl (C=O) groups excluding carboxylic acids is 1. The number of amides is 2. The Morgan fingerprint density at radius 2 is 1.94 bits per heavy atom. The Kier molecular flexibility index (Phi) is 4.51. The summed E-state index contributed by atoms with van der Waals surface area (Å²) in [7, 11) is 0. The lowest BCUT2D eigenvalue weighted by Gasteiger charge is -2.28. The number of hydrogen-bond acceptors (Lipinski definition) is 4. The van der Waals surface area contributed by atoms with Crippen LogP contribution in [0.5, 0.6) is 0 Å². The minimum atomic E-state index is -1.28. The monoisotopic (exact) mass is 232 g/mol. The standard InChI is InChI=1S/C9H16N2O5/c1-6(12)7(8(13)14)10-9(15)11-2-4-16-5-3-11/h6-7,12H,2-5H2,1H3,(H,10,15)(H,13,14)/t6-,7+/m1/s1. The predicted molar refractivity (Wildman–Crippen MR) is 54.0 cm³/mol. The molecule has 0 aromatic rings. The fourth-order valence-corrected chi connectivity index (χ4v) is 1.38. The molecule has 92 valence electrons. The van der Waals surface area contributed by atoms with E-state index >= 15 is 0 Å². The van der Waals surface area contributed by atoms with Crippen molar-refractivity contribution in [2.24, 2.45) is 0 Å². The van der Waals surface area contributed by atoms with E-state index < -0.39 is 24.1 Å². The van der Waals surface area contributed by atoms with Crippen molar-refractivity contribution < 1.29 is 24.5 Å². The van der Waals surface area contributed by atoms with Gasteiger partial charge in [-0.2, -0.15) is 0 Å². The van der Waals surface area contributed by atoms with Gasteiger partial charge in [-0.05, 0) is 6.92 Å². The Morgan fingerprint density at radius 1 is 1.38 bits per heavy atom. The third-order valence-electron chi connectivity index (χ3n) is 2.33. The SMILES string of the molecule is C[C@@H](O)[C@H](NC(=O)N1CCOCC1)C(=O)O. The summed E-state index contributed by atoms with van der Waals surface area (Å²) in [6.07, 6.45) is -1.14. The molecule has 7 nitrogen and oxygen atoms in total. The summed E-state index contributed by atoms with van der Waals surface area (Å²) < 4.78 is 5.06. The van der Waals surface area contributed by atoms with Crippen LogP contribution in [0.2, 0.25) is 0 Å². The van der Waals surface area contributed by atoms with Crippen LogP contribution < -0.4 is 5.32 Å². The molecular formula is C9H16N2O5. The van der Waals surface area contributed by atoms with Gasteiger partial charge in [0.15, 0.2) is 6.04 Å². The normalized spacial score (nSPS) is 20.0. The van der Waals surface area contributed by atoms with Gasteiger partial charge >= 0.3 is 12.0 Å². The summed E-state index contributed by atoms with van der Waals surface area (Å²) in [5.74, 6) is -1.25. The van der Waals surface area contributed by atoms with Crippen molar-refractivity contribution in [3.63, 3.8) is 0 Å². The number of ether oxygens (including phenoxy) is 1. The molecule has 1 fully saturated rings. The van der Waals surface area contributed by atoms with E-state index in [1.165, 1.54) is 11.8 Å². The number of rotatable bonds is 3. The highest BCUT2D eigenvalue weighted by Crippen LogP contribution is 2.00. The Balaban J connectivity index is 2.50. The number of nitrogens with zero attached hydrogens (tertiary/aromatic N) is 1. The molecular weight excluding hydrogens is 216 g/mol. The zero-order chi connectivity index (χ0) is 12.1. The van der Waals surface area contributed by atoms with E-state index in [1.54, 1.807) is 0 Å². The largest absolute Gasteiger partial charge is 0.480 e. The van der Waals surface area contributed by atoms with Crippen LogP contribution in [0.25, 0.3) is 0 Å². The molecule has 1 aliphatic rings. The van der Waals surface area contributed by atoms with Crippen LogP contribution in [0.15, 0.2) is 0 Å². The van der Waals surface area contributed by atoms with Crippen molar-refractivity contribution in [1.82, 2.24) is 10.2 Å². The van der Waals surface area contributed by atoms with Gasteiger partial charge < -0.3 is 25.2 Å². The van der Waals surface area contributed by atoms with Gasteiger partial charge in [0.2, 0.25) is 0 Å². The second-order valence-electron chi connectivity index (χ2n) is 3.61. The molecule has 16 heavy (non-hydrogen) atoms. The third-order valence-corrected chi connectivity index (χ3v) is 2.33. The number of nitrogens with one attached hydrogen (secondary N) is 1. The van der Waals surface area contributed by atoms with Gasteiger partial charge in [-0.3, -0.25) is 0 Å². The Bertz CT molecular complexity index is 263. The molecule has 0 aromatic heterocycles. The average molecular weight is 232 g/mol. The summed E-state index contributed by atoms with van der Waals surface area (Å²) >= 11 is 0. The number of aliphatic carboxylic acids is 1. The Labute approximate surface area is 93.0 Å². The summed E-state index contributed by atoms with van der Waals surface area (Å²) in [6, 6.07) is -1.77. The van der Waals surface area contributed by atoms with Crippen molar-refractivity contribution in [2.45, 2.75) is 19.1 Å². The first-order valence-electron chi connectivity index (χ1n) is 5.06. The first-order chi connectivity index (χ1) is 7.52. The van der Waals surface area contributed by atoms with Gasteiger partial charge in [-0.25, -0.2) is 9.59 Å². The van der Waals surface area contributed by atoms with Crippen LogP contribution in [0, 0.1) is 0 Å². The molecule has 0 spiro atoms. The van der Waals surface area contributed by atoms with E-state index in [1.807, 2.05) is 0 Å². The number of carboxylic acids is 1. The lowest BCUT2D eigenvalue weighted by atomic mass is 10.2. The highest BCUT2D eigenvalue weighted by atomic mass is 16.5.